The predicted octanol–water partition coefficient (Wildman–Crippen LogP) is 0.893. The largest absolute Gasteiger partial charge is 0.215 e. The smallest absolute Gasteiger partial charge is 0.214 e. The van der Waals surface area contributed by atoms with Crippen molar-refractivity contribution < 1.29 is 8.42 Å². The fourth-order valence-electron chi connectivity index (χ4n) is 0.777. The molecule has 11 heavy (non-hydrogen) atoms. The normalized spacial score (nSPS) is 18.6. The lowest BCUT2D eigenvalue weighted by molar-refractivity contribution is 0.580. The fraction of sp³-hybridized carbons (Fsp3) is 1.00. The van der Waals surface area contributed by atoms with Gasteiger partial charge in [0, 0.05) is 11.0 Å². The molecule has 1 saturated carbocycles. The third-order valence-electron chi connectivity index (χ3n) is 1.58. The first-order valence-electron chi connectivity index (χ1n) is 3.71. The molecular formula is C6H12INO2S. The average Bonchev–Trinajstić information content (AvgIpc) is 2.68. The van der Waals surface area contributed by atoms with Crippen molar-refractivity contribution in [3.8, 4) is 0 Å². The minimum Gasteiger partial charge on any atom is -0.215 e. The van der Waals surface area contributed by atoms with Crippen LogP contribution >= 0.6 is 22.6 Å². The van der Waals surface area contributed by atoms with Gasteiger partial charge in [-0.15, -0.1) is 0 Å². The average molecular weight is 289 g/mol. The molecule has 66 valence electrons. The van der Waals surface area contributed by atoms with Crippen molar-refractivity contribution in [2.75, 3.05) is 11.0 Å². The summed E-state index contributed by atoms with van der Waals surface area (Å²) in [6.45, 7) is 0.599. The number of hydrogen-bond acceptors (Lipinski definition) is 2. The summed E-state index contributed by atoms with van der Waals surface area (Å²) >= 11 is 2.24. The Bertz CT molecular complexity index is 211. The maximum atomic E-state index is 11.2. The molecule has 0 amide bonds. The van der Waals surface area contributed by atoms with Crippen LogP contribution in [0.4, 0.5) is 0 Å². The SMILES string of the molecule is O=S(=O)(NCCCI)C1CC1. The van der Waals surface area contributed by atoms with E-state index in [0.29, 0.717) is 6.54 Å². The second kappa shape index (κ2) is 4.04. The molecule has 0 spiro atoms. The van der Waals surface area contributed by atoms with E-state index < -0.39 is 10.0 Å². The highest BCUT2D eigenvalue weighted by Crippen LogP contribution is 2.27. The third-order valence-corrected chi connectivity index (χ3v) is 4.30. The topological polar surface area (TPSA) is 46.2 Å². The Morgan fingerprint density at radius 1 is 1.45 bits per heavy atom. The number of halogens is 1. The van der Waals surface area contributed by atoms with E-state index in [0.717, 1.165) is 23.7 Å². The number of nitrogens with one attached hydrogen (secondary N) is 1. The molecule has 0 aromatic heterocycles. The van der Waals surface area contributed by atoms with Crippen molar-refractivity contribution in [1.82, 2.24) is 4.72 Å². The van der Waals surface area contributed by atoms with Crippen LogP contribution in [0, 0.1) is 0 Å². The Kier molecular flexibility index (Phi) is 3.57. The molecular weight excluding hydrogens is 277 g/mol. The third kappa shape index (κ3) is 3.25. The van der Waals surface area contributed by atoms with Crippen LogP contribution in [0.1, 0.15) is 19.3 Å². The van der Waals surface area contributed by atoms with Crippen LogP contribution in [0.2, 0.25) is 0 Å². The summed E-state index contributed by atoms with van der Waals surface area (Å²) in [6, 6.07) is 0. The molecule has 1 aliphatic rings. The van der Waals surface area contributed by atoms with Crippen molar-refractivity contribution in [2.24, 2.45) is 0 Å². The molecule has 1 N–H and O–H groups in total. The van der Waals surface area contributed by atoms with Gasteiger partial charge in [0.15, 0.2) is 0 Å². The second-order valence-electron chi connectivity index (χ2n) is 2.68. The second-order valence-corrected chi connectivity index (χ2v) is 5.81. The zero-order valence-corrected chi connectivity index (χ0v) is 9.19. The first kappa shape index (κ1) is 9.73. The summed E-state index contributed by atoms with van der Waals surface area (Å²) in [7, 11) is -2.91. The Hall–Kier alpha value is 0.640. The van der Waals surface area contributed by atoms with Crippen molar-refractivity contribution in [3.63, 3.8) is 0 Å². The highest BCUT2D eigenvalue weighted by atomic mass is 127. The Morgan fingerprint density at radius 2 is 2.09 bits per heavy atom. The molecule has 0 aromatic carbocycles. The molecule has 0 heterocycles. The van der Waals surface area contributed by atoms with Crippen molar-refractivity contribution in [1.29, 1.82) is 0 Å². The van der Waals surface area contributed by atoms with Gasteiger partial charge < -0.3 is 0 Å². The Morgan fingerprint density at radius 3 is 2.55 bits per heavy atom. The minimum atomic E-state index is -2.91. The van der Waals surface area contributed by atoms with Gasteiger partial charge in [0.2, 0.25) is 10.0 Å². The van der Waals surface area contributed by atoms with Crippen LogP contribution in [-0.2, 0) is 10.0 Å². The first-order valence-corrected chi connectivity index (χ1v) is 6.78. The van der Waals surface area contributed by atoms with Crippen molar-refractivity contribution in [3.05, 3.63) is 0 Å². The van der Waals surface area contributed by atoms with Gasteiger partial charge in [0.05, 0.1) is 5.25 Å². The zero-order chi connectivity index (χ0) is 8.32. The highest BCUT2D eigenvalue weighted by molar-refractivity contribution is 14.1. The van der Waals surface area contributed by atoms with E-state index in [-0.39, 0.29) is 5.25 Å². The fourth-order valence-corrected chi connectivity index (χ4v) is 2.58. The predicted molar refractivity (Wildman–Crippen MR) is 53.4 cm³/mol. The van der Waals surface area contributed by atoms with E-state index in [1.807, 2.05) is 0 Å². The van der Waals surface area contributed by atoms with Crippen molar-refractivity contribution in [2.45, 2.75) is 24.5 Å². The molecule has 5 heteroatoms. The van der Waals surface area contributed by atoms with Gasteiger partial charge in [-0.2, -0.15) is 0 Å². The van der Waals surface area contributed by atoms with Gasteiger partial charge in [-0.1, -0.05) is 22.6 Å². The summed E-state index contributed by atoms with van der Waals surface area (Å²) in [5, 5.41) is -0.0725. The van der Waals surface area contributed by atoms with E-state index in [2.05, 4.69) is 27.3 Å². The first-order chi connectivity index (χ1) is 5.17. The Labute approximate surface area is 81.1 Å². The van der Waals surface area contributed by atoms with Gasteiger partial charge in [-0.25, -0.2) is 13.1 Å². The standard InChI is InChI=1S/C6H12INO2S/c7-4-1-5-8-11(9,10)6-2-3-6/h6,8H,1-5H2. The highest BCUT2D eigenvalue weighted by Gasteiger charge is 2.34. The number of rotatable bonds is 5. The van der Waals surface area contributed by atoms with Crippen LogP contribution in [-0.4, -0.2) is 24.6 Å². The lowest BCUT2D eigenvalue weighted by Crippen LogP contribution is -2.28. The van der Waals surface area contributed by atoms with Gasteiger partial charge in [0.25, 0.3) is 0 Å². The quantitative estimate of drug-likeness (QED) is 0.464. The molecule has 1 fully saturated rings. The van der Waals surface area contributed by atoms with E-state index >= 15 is 0 Å². The maximum Gasteiger partial charge on any atom is 0.214 e. The summed E-state index contributed by atoms with van der Waals surface area (Å²) in [5.74, 6) is 0. The molecule has 0 atom stereocenters. The number of sulfonamides is 1. The molecule has 0 bridgehead atoms. The van der Waals surface area contributed by atoms with Gasteiger partial charge >= 0.3 is 0 Å². The van der Waals surface area contributed by atoms with Crippen LogP contribution in [0.5, 0.6) is 0 Å². The van der Waals surface area contributed by atoms with Crippen LogP contribution in [0.3, 0.4) is 0 Å². The van der Waals surface area contributed by atoms with Crippen LogP contribution in [0.15, 0.2) is 0 Å². The molecule has 0 unspecified atom stereocenters. The molecule has 0 saturated heterocycles. The van der Waals surface area contributed by atoms with E-state index in [9.17, 15) is 8.42 Å². The summed E-state index contributed by atoms with van der Waals surface area (Å²) in [5.41, 5.74) is 0. The molecule has 3 nitrogen and oxygen atoms in total. The summed E-state index contributed by atoms with van der Waals surface area (Å²) in [4.78, 5) is 0. The van der Waals surface area contributed by atoms with Crippen LogP contribution in [0.25, 0.3) is 0 Å². The Balaban J connectivity index is 2.23. The number of alkyl halides is 1. The molecule has 1 rings (SSSR count). The van der Waals surface area contributed by atoms with E-state index in [1.165, 1.54) is 0 Å². The van der Waals surface area contributed by atoms with Crippen molar-refractivity contribution >= 4 is 32.6 Å². The number of hydrogen-bond donors (Lipinski definition) is 1. The molecule has 1 aliphatic carbocycles. The lowest BCUT2D eigenvalue weighted by Gasteiger charge is -2.02. The summed E-state index contributed by atoms with van der Waals surface area (Å²) in [6.07, 6.45) is 2.62. The van der Waals surface area contributed by atoms with Gasteiger partial charge in [-0.3, -0.25) is 0 Å². The van der Waals surface area contributed by atoms with Crippen LogP contribution < -0.4 is 4.72 Å². The molecule has 0 aliphatic heterocycles. The lowest BCUT2D eigenvalue weighted by atomic mass is 10.5. The minimum absolute atomic E-state index is 0.0725. The zero-order valence-electron chi connectivity index (χ0n) is 6.22. The van der Waals surface area contributed by atoms with E-state index in [1.54, 1.807) is 0 Å². The maximum absolute atomic E-state index is 11.2. The molecule has 0 radical (unpaired) electrons. The molecule has 0 aromatic rings. The summed E-state index contributed by atoms with van der Waals surface area (Å²) < 4.78 is 25.9. The van der Waals surface area contributed by atoms with Gasteiger partial charge in [0.1, 0.15) is 0 Å². The monoisotopic (exact) mass is 289 g/mol. The van der Waals surface area contributed by atoms with E-state index in [4.69, 9.17) is 0 Å². The van der Waals surface area contributed by atoms with Gasteiger partial charge in [-0.05, 0) is 19.3 Å².